The quantitative estimate of drug-likeness (QED) is 0.762. The topological polar surface area (TPSA) is 38.1 Å². The van der Waals surface area contributed by atoms with E-state index in [0.717, 1.165) is 17.4 Å². The summed E-state index contributed by atoms with van der Waals surface area (Å²) in [6.07, 6.45) is 10.1. The smallest absolute Gasteiger partial charge is 0.272 e. The zero-order valence-corrected chi connectivity index (χ0v) is 15.3. The van der Waals surface area contributed by atoms with E-state index in [4.69, 9.17) is 0 Å². The van der Waals surface area contributed by atoms with Crippen LogP contribution in [-0.4, -0.2) is 40.2 Å². The van der Waals surface area contributed by atoms with Crippen LogP contribution < -0.4 is 0 Å². The Hall–Kier alpha value is -1.75. The van der Waals surface area contributed by atoms with Gasteiger partial charge in [-0.25, -0.2) is 4.98 Å². The molecule has 0 saturated heterocycles. The molecule has 1 aliphatic rings. The largest absolute Gasteiger partial charge is 0.340 e. The molecule has 0 radical (unpaired) electrons. The molecule has 5 heteroatoms. The minimum atomic E-state index is 0.0530. The summed E-state index contributed by atoms with van der Waals surface area (Å²) in [5.74, 6) is 0.693. The molecular formula is C19H25N3OS. The molecular weight excluding hydrogens is 318 g/mol. The van der Waals surface area contributed by atoms with Gasteiger partial charge in [0.15, 0.2) is 5.16 Å². The Morgan fingerprint density at radius 3 is 2.62 bits per heavy atom. The number of hydrogen-bond acceptors (Lipinski definition) is 3. The predicted octanol–water partition coefficient (Wildman–Crippen LogP) is 4.25. The highest BCUT2D eigenvalue weighted by Crippen LogP contribution is 2.26. The second-order valence-electron chi connectivity index (χ2n) is 6.49. The summed E-state index contributed by atoms with van der Waals surface area (Å²) >= 11 is 1.56. The maximum absolute atomic E-state index is 13.0. The fourth-order valence-electron chi connectivity index (χ4n) is 3.49. The zero-order valence-electron chi connectivity index (χ0n) is 14.4. The predicted molar refractivity (Wildman–Crippen MR) is 98.9 cm³/mol. The van der Waals surface area contributed by atoms with Crippen molar-refractivity contribution in [2.45, 2.75) is 37.3 Å². The highest BCUT2D eigenvalue weighted by molar-refractivity contribution is 7.98. The van der Waals surface area contributed by atoms with Gasteiger partial charge < -0.3 is 4.90 Å². The van der Waals surface area contributed by atoms with Crippen LogP contribution in [0.3, 0.4) is 0 Å². The lowest BCUT2D eigenvalue weighted by atomic mass is 9.89. The third kappa shape index (κ3) is 3.66. The zero-order chi connectivity index (χ0) is 16.9. The Kier molecular flexibility index (Phi) is 5.61. The van der Waals surface area contributed by atoms with Crippen molar-refractivity contribution in [2.24, 2.45) is 5.92 Å². The number of para-hydroxylation sites is 1. The first kappa shape index (κ1) is 17.1. The van der Waals surface area contributed by atoms with Gasteiger partial charge in [-0.3, -0.25) is 9.36 Å². The number of carbonyl (C=O) groups excluding carboxylic acids is 1. The summed E-state index contributed by atoms with van der Waals surface area (Å²) in [5, 5.41) is 0.843. The van der Waals surface area contributed by atoms with Crippen LogP contribution in [0.15, 0.2) is 41.7 Å². The van der Waals surface area contributed by atoms with Crippen molar-refractivity contribution >= 4 is 17.7 Å². The number of hydrogen-bond donors (Lipinski definition) is 0. The van der Waals surface area contributed by atoms with Crippen molar-refractivity contribution in [3.63, 3.8) is 0 Å². The highest BCUT2D eigenvalue weighted by Gasteiger charge is 2.23. The second-order valence-corrected chi connectivity index (χ2v) is 7.26. The molecule has 0 N–H and O–H groups in total. The molecule has 1 aliphatic carbocycles. The number of amides is 1. The number of imidazole rings is 1. The molecule has 0 bridgehead atoms. The molecule has 2 aromatic rings. The first-order chi connectivity index (χ1) is 11.7. The first-order valence-corrected chi connectivity index (χ1v) is 9.86. The van der Waals surface area contributed by atoms with Gasteiger partial charge in [-0.15, -0.1) is 0 Å². The molecule has 0 atom stereocenters. The van der Waals surface area contributed by atoms with Crippen LogP contribution in [-0.2, 0) is 0 Å². The van der Waals surface area contributed by atoms with E-state index in [1.54, 1.807) is 18.0 Å². The van der Waals surface area contributed by atoms with E-state index in [2.05, 4.69) is 4.98 Å². The van der Waals surface area contributed by atoms with Crippen LogP contribution in [0.2, 0.25) is 0 Å². The molecule has 3 rings (SSSR count). The maximum Gasteiger partial charge on any atom is 0.272 e. The van der Waals surface area contributed by atoms with Gasteiger partial charge in [0.05, 0.1) is 6.20 Å². The SMILES string of the molecule is CSc1ncc(C(=O)N(C)CC2CCCCC2)n1-c1ccccc1. The molecule has 0 unspecified atom stereocenters. The summed E-state index contributed by atoms with van der Waals surface area (Å²) in [4.78, 5) is 19.3. The Balaban J connectivity index is 1.83. The van der Waals surface area contributed by atoms with Gasteiger partial charge in [-0.2, -0.15) is 0 Å². The van der Waals surface area contributed by atoms with Crippen molar-refractivity contribution in [1.29, 1.82) is 0 Å². The Labute approximate surface area is 148 Å². The average molecular weight is 343 g/mol. The van der Waals surface area contributed by atoms with E-state index < -0.39 is 0 Å². The van der Waals surface area contributed by atoms with Gasteiger partial charge in [-0.05, 0) is 37.1 Å². The third-order valence-electron chi connectivity index (χ3n) is 4.75. The lowest BCUT2D eigenvalue weighted by Crippen LogP contribution is -2.33. The van der Waals surface area contributed by atoms with Gasteiger partial charge in [-0.1, -0.05) is 49.2 Å². The number of carbonyl (C=O) groups is 1. The van der Waals surface area contributed by atoms with Gasteiger partial charge in [0.25, 0.3) is 5.91 Å². The van der Waals surface area contributed by atoms with E-state index in [0.29, 0.717) is 11.6 Å². The van der Waals surface area contributed by atoms with Crippen LogP contribution in [0.5, 0.6) is 0 Å². The number of aromatic nitrogens is 2. The van der Waals surface area contributed by atoms with E-state index >= 15 is 0 Å². The van der Waals surface area contributed by atoms with Crippen LogP contribution >= 0.6 is 11.8 Å². The molecule has 1 aromatic heterocycles. The molecule has 4 nitrogen and oxygen atoms in total. The van der Waals surface area contributed by atoms with Gasteiger partial charge in [0, 0.05) is 19.3 Å². The van der Waals surface area contributed by atoms with Gasteiger partial charge >= 0.3 is 0 Å². The number of thioether (sulfide) groups is 1. The molecule has 1 saturated carbocycles. The second kappa shape index (κ2) is 7.88. The van der Waals surface area contributed by atoms with Crippen LogP contribution in [0, 0.1) is 5.92 Å². The summed E-state index contributed by atoms with van der Waals surface area (Å²) < 4.78 is 1.96. The van der Waals surface area contributed by atoms with Gasteiger partial charge in [0.2, 0.25) is 0 Å². The maximum atomic E-state index is 13.0. The summed E-state index contributed by atoms with van der Waals surface area (Å²) in [6.45, 7) is 0.841. The fraction of sp³-hybridized carbons (Fsp3) is 0.474. The Morgan fingerprint density at radius 1 is 1.25 bits per heavy atom. The fourth-order valence-corrected chi connectivity index (χ4v) is 4.04. The highest BCUT2D eigenvalue weighted by atomic mass is 32.2. The molecule has 1 amide bonds. The summed E-state index contributed by atoms with van der Waals surface area (Å²) in [5.41, 5.74) is 1.62. The van der Waals surface area contributed by atoms with E-state index in [9.17, 15) is 4.79 Å². The molecule has 24 heavy (non-hydrogen) atoms. The van der Waals surface area contributed by atoms with Crippen molar-refractivity contribution in [3.8, 4) is 5.69 Å². The molecule has 1 heterocycles. The molecule has 1 fully saturated rings. The van der Waals surface area contributed by atoms with Crippen LogP contribution in [0.25, 0.3) is 5.69 Å². The third-order valence-corrected chi connectivity index (χ3v) is 5.40. The van der Waals surface area contributed by atoms with Crippen molar-refractivity contribution in [1.82, 2.24) is 14.5 Å². The van der Waals surface area contributed by atoms with Gasteiger partial charge in [0.1, 0.15) is 5.69 Å². The summed E-state index contributed by atoms with van der Waals surface area (Å²) in [6, 6.07) is 9.98. The normalized spacial score (nSPS) is 15.4. The van der Waals surface area contributed by atoms with E-state index in [1.165, 1.54) is 32.1 Å². The molecule has 0 aliphatic heterocycles. The average Bonchev–Trinajstić information content (AvgIpc) is 3.06. The molecule has 1 aromatic carbocycles. The lowest BCUT2D eigenvalue weighted by molar-refractivity contribution is 0.0752. The minimum absolute atomic E-state index is 0.0530. The minimum Gasteiger partial charge on any atom is -0.340 e. The Morgan fingerprint density at radius 2 is 1.96 bits per heavy atom. The lowest BCUT2D eigenvalue weighted by Gasteiger charge is -2.27. The van der Waals surface area contributed by atoms with Crippen molar-refractivity contribution in [2.75, 3.05) is 19.8 Å². The standard InChI is InChI=1S/C19H25N3OS/c1-21(14-15-9-5-3-6-10-15)18(23)17-13-20-19(24-2)22(17)16-11-7-4-8-12-16/h4,7-8,11-13,15H,3,5-6,9-10,14H2,1-2H3. The van der Waals surface area contributed by atoms with Crippen LogP contribution in [0.4, 0.5) is 0 Å². The molecule has 0 spiro atoms. The van der Waals surface area contributed by atoms with E-state index in [-0.39, 0.29) is 5.91 Å². The van der Waals surface area contributed by atoms with Crippen LogP contribution in [0.1, 0.15) is 42.6 Å². The van der Waals surface area contributed by atoms with Crippen molar-refractivity contribution in [3.05, 3.63) is 42.2 Å². The first-order valence-electron chi connectivity index (χ1n) is 8.63. The Bertz CT molecular complexity index is 677. The number of benzene rings is 1. The number of rotatable bonds is 5. The molecule has 128 valence electrons. The monoisotopic (exact) mass is 343 g/mol. The summed E-state index contributed by atoms with van der Waals surface area (Å²) in [7, 11) is 1.91. The van der Waals surface area contributed by atoms with Crippen molar-refractivity contribution < 1.29 is 4.79 Å². The number of nitrogens with zero attached hydrogens (tertiary/aromatic N) is 3. The van der Waals surface area contributed by atoms with E-state index in [1.807, 2.05) is 53.1 Å².